The van der Waals surface area contributed by atoms with E-state index in [-0.39, 0.29) is 21.6 Å². The molecular weight excluding hydrogens is 355 g/mol. The van der Waals surface area contributed by atoms with E-state index in [2.05, 4.69) is 13.2 Å². The Labute approximate surface area is 159 Å². The number of phenols is 1. The van der Waals surface area contributed by atoms with E-state index in [4.69, 9.17) is 23.2 Å². The normalized spacial score (nSPS) is 13.0. The van der Waals surface area contributed by atoms with Crippen molar-refractivity contribution in [3.05, 3.63) is 81.4 Å². The summed E-state index contributed by atoms with van der Waals surface area (Å²) in [7, 11) is 0. The number of aromatic hydroxyl groups is 1. The van der Waals surface area contributed by atoms with E-state index >= 15 is 0 Å². The largest absolute Gasteiger partial charge is 0.505 e. The van der Waals surface area contributed by atoms with Crippen molar-refractivity contribution in [3.63, 3.8) is 0 Å². The zero-order valence-corrected chi connectivity index (χ0v) is 16.4. The van der Waals surface area contributed by atoms with Gasteiger partial charge >= 0.3 is 0 Å². The van der Waals surface area contributed by atoms with Crippen LogP contribution in [0.25, 0.3) is 5.57 Å². The Morgan fingerprint density at radius 2 is 1.56 bits per heavy atom. The number of ketones is 1. The topological polar surface area (TPSA) is 37.3 Å². The molecule has 1 rings (SSSR count). The van der Waals surface area contributed by atoms with E-state index in [1.54, 1.807) is 31.2 Å². The van der Waals surface area contributed by atoms with Crippen LogP contribution in [0.2, 0.25) is 10.0 Å². The van der Waals surface area contributed by atoms with Gasteiger partial charge in [-0.25, -0.2) is 0 Å². The summed E-state index contributed by atoms with van der Waals surface area (Å²) >= 11 is 11.9. The van der Waals surface area contributed by atoms with E-state index < -0.39 is 0 Å². The van der Waals surface area contributed by atoms with Crippen molar-refractivity contribution >= 4 is 34.6 Å². The van der Waals surface area contributed by atoms with Crippen LogP contribution in [-0.2, 0) is 4.79 Å². The fourth-order valence-electron chi connectivity index (χ4n) is 2.30. The molecule has 0 radical (unpaired) electrons. The quantitative estimate of drug-likeness (QED) is 0.443. The van der Waals surface area contributed by atoms with Crippen LogP contribution in [0.15, 0.2) is 65.8 Å². The lowest BCUT2D eigenvalue weighted by atomic mass is 9.94. The van der Waals surface area contributed by atoms with Gasteiger partial charge in [-0.1, -0.05) is 54.6 Å². The molecule has 0 amide bonds. The van der Waals surface area contributed by atoms with Crippen LogP contribution < -0.4 is 0 Å². The van der Waals surface area contributed by atoms with Crippen LogP contribution in [0.3, 0.4) is 0 Å². The Morgan fingerprint density at radius 3 is 2.00 bits per heavy atom. The Bertz CT molecular complexity index is 801. The molecule has 0 atom stereocenters. The van der Waals surface area contributed by atoms with Crippen molar-refractivity contribution in [1.29, 1.82) is 0 Å². The monoisotopic (exact) mass is 376 g/mol. The third-order valence-corrected chi connectivity index (χ3v) is 4.57. The van der Waals surface area contributed by atoms with Gasteiger partial charge in [-0.2, -0.15) is 0 Å². The second kappa shape index (κ2) is 8.89. The van der Waals surface area contributed by atoms with Gasteiger partial charge in [0.15, 0.2) is 11.5 Å². The summed E-state index contributed by atoms with van der Waals surface area (Å²) in [4.78, 5) is 11.7. The summed E-state index contributed by atoms with van der Waals surface area (Å²) in [5, 5.41) is 9.96. The molecule has 0 fully saturated rings. The lowest BCUT2D eigenvalue weighted by Gasteiger charge is -2.10. The molecule has 4 heteroatoms. The summed E-state index contributed by atoms with van der Waals surface area (Å²) in [5.41, 5.74) is 4.65. The second-order valence-corrected chi connectivity index (χ2v) is 6.50. The Hall–Kier alpha value is -2.03. The highest BCUT2D eigenvalue weighted by atomic mass is 35.5. The van der Waals surface area contributed by atoms with Crippen LogP contribution in [-0.4, -0.2) is 10.9 Å². The molecule has 0 aliphatic carbocycles. The van der Waals surface area contributed by atoms with Crippen molar-refractivity contribution in [1.82, 2.24) is 0 Å². The molecule has 1 aromatic carbocycles. The Morgan fingerprint density at radius 1 is 1.04 bits per heavy atom. The molecule has 0 unspecified atom stereocenters. The summed E-state index contributed by atoms with van der Waals surface area (Å²) in [6.45, 7) is 15.2. The highest BCUT2D eigenvalue weighted by Crippen LogP contribution is 2.35. The lowest BCUT2D eigenvalue weighted by molar-refractivity contribution is -0.113. The molecule has 0 spiro atoms. The maximum atomic E-state index is 11.7. The molecule has 132 valence electrons. The SMILES string of the molecule is C=C(/C=C\C(=C)c1cc(Cl)c(O)c(Cl)c1)/C(C)=C(C)\C(=C/C)C(C)=O. The number of carbonyl (C=O) groups excluding carboxylic acids is 1. The van der Waals surface area contributed by atoms with Crippen LogP contribution in [0, 0.1) is 0 Å². The third-order valence-electron chi connectivity index (χ3n) is 3.99. The standard InChI is InChI=1S/C21H22Cl2O2/c1-7-18(16(6)24)15(5)14(4)12(2)8-9-13(3)17-10-19(22)21(25)20(23)11-17/h7-11,25H,2-3H2,1,4-6H3/b9-8-,15-14-,18-7+. The number of Topliss-reactive ketones (excluding diaryl/α,β-unsaturated/α-hetero) is 1. The molecule has 0 saturated heterocycles. The average Bonchev–Trinajstić information content (AvgIpc) is 2.56. The predicted molar refractivity (Wildman–Crippen MR) is 108 cm³/mol. The van der Waals surface area contributed by atoms with Gasteiger partial charge in [-0.15, -0.1) is 0 Å². The van der Waals surface area contributed by atoms with Gasteiger partial charge in [0.1, 0.15) is 0 Å². The molecule has 0 bridgehead atoms. The van der Waals surface area contributed by atoms with Crippen LogP contribution >= 0.6 is 23.2 Å². The maximum absolute atomic E-state index is 11.7. The van der Waals surface area contributed by atoms with Gasteiger partial charge in [0, 0.05) is 5.57 Å². The van der Waals surface area contributed by atoms with Crippen molar-refractivity contribution in [2.24, 2.45) is 0 Å². The maximum Gasteiger partial charge on any atom is 0.159 e. The Balaban J connectivity index is 3.07. The second-order valence-electron chi connectivity index (χ2n) is 5.68. The van der Waals surface area contributed by atoms with E-state index in [9.17, 15) is 9.90 Å². The average molecular weight is 377 g/mol. The molecule has 0 aliphatic rings. The van der Waals surface area contributed by atoms with E-state index in [1.807, 2.05) is 26.8 Å². The van der Waals surface area contributed by atoms with Crippen molar-refractivity contribution in [2.45, 2.75) is 27.7 Å². The molecule has 25 heavy (non-hydrogen) atoms. The number of allylic oxidation sites excluding steroid dienone is 8. The molecule has 1 aromatic rings. The van der Waals surface area contributed by atoms with Gasteiger partial charge in [0.2, 0.25) is 0 Å². The van der Waals surface area contributed by atoms with Crippen molar-refractivity contribution in [3.8, 4) is 5.75 Å². The number of halogens is 2. The zero-order chi connectivity index (χ0) is 19.3. The number of benzene rings is 1. The molecule has 0 aliphatic heterocycles. The molecule has 0 aromatic heterocycles. The minimum absolute atomic E-state index is 0.0221. The first-order chi connectivity index (χ1) is 11.6. The highest BCUT2D eigenvalue weighted by Gasteiger charge is 2.10. The predicted octanol–water partition coefficient (Wildman–Crippen LogP) is 6.70. The number of hydrogen-bond acceptors (Lipinski definition) is 2. The van der Waals surface area contributed by atoms with Gasteiger partial charge in [0.05, 0.1) is 10.0 Å². The van der Waals surface area contributed by atoms with Gasteiger partial charge < -0.3 is 5.11 Å². The minimum atomic E-state index is -0.147. The first-order valence-electron chi connectivity index (χ1n) is 7.69. The van der Waals surface area contributed by atoms with Crippen molar-refractivity contribution in [2.75, 3.05) is 0 Å². The number of carbonyl (C=O) groups is 1. The molecule has 1 N–H and O–H groups in total. The van der Waals surface area contributed by atoms with Crippen LogP contribution in [0.4, 0.5) is 0 Å². The summed E-state index contributed by atoms with van der Waals surface area (Å²) in [6.07, 6.45) is 5.42. The van der Waals surface area contributed by atoms with Crippen molar-refractivity contribution < 1.29 is 9.90 Å². The molecule has 2 nitrogen and oxygen atoms in total. The number of rotatable bonds is 6. The third kappa shape index (κ3) is 5.22. The number of phenolic OH excluding ortho intramolecular Hbond substituents is 1. The summed E-state index contributed by atoms with van der Waals surface area (Å²) in [6, 6.07) is 3.19. The fourth-order valence-corrected chi connectivity index (χ4v) is 2.79. The molecule has 0 saturated carbocycles. The number of hydrogen-bond donors (Lipinski definition) is 1. The first-order valence-corrected chi connectivity index (χ1v) is 8.45. The van der Waals surface area contributed by atoms with Gasteiger partial charge in [-0.3, -0.25) is 4.79 Å². The first kappa shape index (κ1) is 21.0. The minimum Gasteiger partial charge on any atom is -0.505 e. The lowest BCUT2D eigenvalue weighted by Crippen LogP contribution is -2.00. The zero-order valence-electron chi connectivity index (χ0n) is 14.9. The fraction of sp³-hybridized carbons (Fsp3) is 0.190. The highest BCUT2D eigenvalue weighted by molar-refractivity contribution is 6.37. The summed E-state index contributed by atoms with van der Waals surface area (Å²) in [5.74, 6) is -0.125. The van der Waals surface area contributed by atoms with E-state index in [0.29, 0.717) is 16.7 Å². The Kier molecular flexibility index (Phi) is 7.47. The van der Waals surface area contributed by atoms with Gasteiger partial charge in [-0.05, 0) is 67.7 Å². The summed E-state index contributed by atoms with van der Waals surface area (Å²) < 4.78 is 0. The molecular formula is C21H22Cl2O2. The van der Waals surface area contributed by atoms with E-state index in [1.165, 1.54) is 0 Å². The van der Waals surface area contributed by atoms with Gasteiger partial charge in [0.25, 0.3) is 0 Å². The smallest absolute Gasteiger partial charge is 0.159 e. The molecule has 0 heterocycles. The van der Waals surface area contributed by atoms with E-state index in [0.717, 1.165) is 16.7 Å². The van der Waals surface area contributed by atoms with Crippen LogP contribution in [0.5, 0.6) is 5.75 Å². The van der Waals surface area contributed by atoms with Crippen LogP contribution in [0.1, 0.15) is 33.3 Å².